The van der Waals surface area contributed by atoms with Crippen molar-refractivity contribution in [3.63, 3.8) is 0 Å². The van der Waals surface area contributed by atoms with Crippen LogP contribution in [0, 0.1) is 11.3 Å². The normalized spacial score (nSPS) is 16.6. The fourth-order valence-electron chi connectivity index (χ4n) is 2.98. The average molecular weight is 388 g/mol. The first-order valence-electron chi connectivity index (χ1n) is 9.02. The molecule has 2 rings (SSSR count). The largest absolute Gasteiger partial charge is 0.449 e. The number of rotatable bonds is 7. The molecule has 1 fully saturated rings. The Balaban J connectivity index is 2.02. The molecule has 0 bridgehead atoms. The number of carbonyl (C=O) groups excluding carboxylic acids is 3. The average Bonchev–Trinajstić information content (AvgIpc) is 2.67. The van der Waals surface area contributed by atoms with E-state index in [-0.39, 0.29) is 11.5 Å². The van der Waals surface area contributed by atoms with Crippen LogP contribution in [-0.4, -0.2) is 35.1 Å². The summed E-state index contributed by atoms with van der Waals surface area (Å²) in [6.07, 6.45) is 3.04. The molecule has 0 spiro atoms. The Bertz CT molecular complexity index is 751. The number of ether oxygens (including phenoxy) is 1. The molecule has 0 saturated heterocycles. The number of esters is 1. The minimum Gasteiger partial charge on any atom is -0.449 e. The van der Waals surface area contributed by atoms with E-state index in [1.165, 1.54) is 25.6 Å². The maximum absolute atomic E-state index is 12.5. The number of Topliss-reactive ketones (excluding diaryl/α,β-unsaturated/α-hetero) is 1. The van der Waals surface area contributed by atoms with Crippen molar-refractivity contribution in [2.24, 2.45) is 0 Å². The fraction of sp³-hybridized carbons (Fsp3) is 0.500. The third-order valence-electron chi connectivity index (χ3n) is 4.47. The second-order valence-corrected chi connectivity index (χ2v) is 7.80. The Labute approximate surface area is 163 Å². The first kappa shape index (κ1) is 21.0. The molecule has 1 atom stereocenters. The predicted octanol–water partition coefficient (Wildman–Crippen LogP) is 3.26. The summed E-state index contributed by atoms with van der Waals surface area (Å²) in [6.45, 7) is 2.98. The Morgan fingerprint density at radius 2 is 1.93 bits per heavy atom. The topological polar surface area (TPSA) is 96.3 Å². The van der Waals surface area contributed by atoms with Crippen LogP contribution in [0.15, 0.2) is 29.2 Å². The van der Waals surface area contributed by atoms with Crippen LogP contribution in [0.3, 0.4) is 0 Å². The van der Waals surface area contributed by atoms with Gasteiger partial charge >= 0.3 is 5.97 Å². The van der Waals surface area contributed by atoms with Gasteiger partial charge in [-0.15, -0.1) is 11.8 Å². The molecule has 1 N–H and O–H groups in total. The lowest BCUT2D eigenvalue weighted by Gasteiger charge is -2.32. The van der Waals surface area contributed by atoms with Crippen molar-refractivity contribution in [3.05, 3.63) is 29.8 Å². The summed E-state index contributed by atoms with van der Waals surface area (Å²) in [4.78, 5) is 36.8. The monoisotopic (exact) mass is 388 g/mol. The first-order valence-corrected chi connectivity index (χ1v) is 10.0. The lowest BCUT2D eigenvalue weighted by Crippen LogP contribution is -2.52. The van der Waals surface area contributed by atoms with Gasteiger partial charge < -0.3 is 10.1 Å². The molecule has 0 heterocycles. The molecule has 1 aliphatic carbocycles. The molecule has 1 aromatic rings. The Hall–Kier alpha value is -2.33. The number of nitrogens with one attached hydrogen (secondary N) is 1. The molecule has 1 aliphatic rings. The molecular formula is C20H24N2O4S. The highest BCUT2D eigenvalue weighted by atomic mass is 32.2. The first-order chi connectivity index (χ1) is 12.9. The van der Waals surface area contributed by atoms with Crippen LogP contribution >= 0.6 is 11.8 Å². The van der Waals surface area contributed by atoms with Crippen molar-refractivity contribution in [1.82, 2.24) is 5.32 Å². The number of carbonyl (C=O) groups is 3. The maximum Gasteiger partial charge on any atom is 0.340 e. The number of benzene rings is 1. The van der Waals surface area contributed by atoms with Gasteiger partial charge in [-0.1, -0.05) is 31.4 Å². The van der Waals surface area contributed by atoms with Crippen molar-refractivity contribution in [3.8, 4) is 6.07 Å². The molecule has 144 valence electrons. The summed E-state index contributed by atoms with van der Waals surface area (Å²) in [5.41, 5.74) is -0.554. The van der Waals surface area contributed by atoms with E-state index in [0.29, 0.717) is 23.3 Å². The van der Waals surface area contributed by atoms with Crippen molar-refractivity contribution >= 4 is 29.4 Å². The van der Waals surface area contributed by atoms with E-state index in [4.69, 9.17) is 4.74 Å². The number of ketones is 1. The van der Waals surface area contributed by atoms with Gasteiger partial charge in [-0.05, 0) is 38.8 Å². The second kappa shape index (κ2) is 9.56. The Morgan fingerprint density at radius 3 is 2.56 bits per heavy atom. The van der Waals surface area contributed by atoms with E-state index in [0.717, 1.165) is 19.3 Å². The van der Waals surface area contributed by atoms with Crippen LogP contribution in [0.25, 0.3) is 0 Å². The van der Waals surface area contributed by atoms with Gasteiger partial charge in [0.2, 0.25) is 0 Å². The van der Waals surface area contributed by atoms with E-state index in [9.17, 15) is 19.6 Å². The summed E-state index contributed by atoms with van der Waals surface area (Å²) in [7, 11) is 0. The predicted molar refractivity (Wildman–Crippen MR) is 102 cm³/mol. The third-order valence-corrected chi connectivity index (χ3v) is 5.69. The lowest BCUT2D eigenvalue weighted by molar-refractivity contribution is -0.130. The second-order valence-electron chi connectivity index (χ2n) is 6.78. The molecule has 7 heteroatoms. The highest BCUT2D eigenvalue weighted by Gasteiger charge is 2.35. The van der Waals surface area contributed by atoms with Crippen LogP contribution < -0.4 is 5.32 Å². The van der Waals surface area contributed by atoms with Crippen LogP contribution in [0.5, 0.6) is 0 Å². The highest BCUT2D eigenvalue weighted by molar-refractivity contribution is 8.00. The number of hydrogen-bond acceptors (Lipinski definition) is 6. The van der Waals surface area contributed by atoms with Gasteiger partial charge in [-0.25, -0.2) is 4.79 Å². The minimum absolute atomic E-state index is 0.00481. The van der Waals surface area contributed by atoms with Crippen LogP contribution in [-0.2, 0) is 14.3 Å². The van der Waals surface area contributed by atoms with Crippen molar-refractivity contribution < 1.29 is 19.1 Å². The van der Waals surface area contributed by atoms with Gasteiger partial charge in [-0.2, -0.15) is 5.26 Å². The number of amides is 1. The number of nitrogens with zero attached hydrogens (tertiary/aromatic N) is 1. The van der Waals surface area contributed by atoms with Crippen LogP contribution in [0.1, 0.15) is 56.3 Å². The molecular weight excluding hydrogens is 364 g/mol. The summed E-state index contributed by atoms with van der Waals surface area (Å²) in [5.74, 6) is -0.838. The van der Waals surface area contributed by atoms with Crippen molar-refractivity contribution in [1.29, 1.82) is 5.26 Å². The molecule has 0 aliphatic heterocycles. The smallest absolute Gasteiger partial charge is 0.340 e. The van der Waals surface area contributed by atoms with E-state index in [1.54, 1.807) is 24.3 Å². The molecule has 0 radical (unpaired) electrons. The highest BCUT2D eigenvalue weighted by Crippen LogP contribution is 2.28. The molecule has 27 heavy (non-hydrogen) atoms. The maximum atomic E-state index is 12.5. The van der Waals surface area contributed by atoms with E-state index in [2.05, 4.69) is 11.4 Å². The van der Waals surface area contributed by atoms with E-state index >= 15 is 0 Å². The fourth-order valence-corrected chi connectivity index (χ4v) is 3.82. The summed E-state index contributed by atoms with van der Waals surface area (Å²) in [6, 6.07) is 9.03. The Morgan fingerprint density at radius 1 is 1.26 bits per heavy atom. The molecule has 1 aromatic carbocycles. The summed E-state index contributed by atoms with van der Waals surface area (Å²) in [5, 5.41) is 12.2. The van der Waals surface area contributed by atoms with E-state index < -0.39 is 23.5 Å². The van der Waals surface area contributed by atoms with Gasteiger partial charge in [-0.3, -0.25) is 9.59 Å². The standard InChI is InChI=1S/C20H24N2O4S/c1-14(23)12-27-17-9-5-4-8-16(17)19(25)26-15(2)18(24)22-20(13-21)10-6-3-7-11-20/h4-5,8-9,15H,3,6-7,10-12H2,1-2H3,(H,22,24)/t15-/m0/s1. The zero-order chi connectivity index (χ0) is 19.9. The van der Waals surface area contributed by atoms with Gasteiger partial charge in [0.05, 0.1) is 17.4 Å². The van der Waals surface area contributed by atoms with Crippen molar-refractivity contribution in [2.75, 3.05) is 5.75 Å². The van der Waals surface area contributed by atoms with E-state index in [1.807, 2.05) is 0 Å². The minimum atomic E-state index is -1.02. The molecule has 0 aromatic heterocycles. The molecule has 0 unspecified atom stereocenters. The quantitative estimate of drug-likeness (QED) is 0.569. The summed E-state index contributed by atoms with van der Waals surface area (Å²) < 4.78 is 5.32. The van der Waals surface area contributed by atoms with Gasteiger partial charge in [0, 0.05) is 4.90 Å². The lowest BCUT2D eigenvalue weighted by atomic mass is 9.83. The molecule has 6 nitrogen and oxygen atoms in total. The van der Waals surface area contributed by atoms with Crippen LogP contribution in [0.4, 0.5) is 0 Å². The van der Waals surface area contributed by atoms with Gasteiger partial charge in [0.25, 0.3) is 5.91 Å². The SMILES string of the molecule is CC(=O)CSc1ccccc1C(=O)O[C@@H](C)C(=O)NC1(C#N)CCCCC1. The summed E-state index contributed by atoms with van der Waals surface area (Å²) >= 11 is 1.26. The molecule has 1 amide bonds. The number of nitriles is 1. The zero-order valence-corrected chi connectivity index (χ0v) is 16.4. The zero-order valence-electron chi connectivity index (χ0n) is 15.6. The number of hydrogen-bond donors (Lipinski definition) is 1. The Kier molecular flexibility index (Phi) is 7.43. The van der Waals surface area contributed by atoms with Gasteiger partial charge in [0.15, 0.2) is 6.10 Å². The van der Waals surface area contributed by atoms with Crippen LogP contribution in [0.2, 0.25) is 0 Å². The molecule has 1 saturated carbocycles. The number of thioether (sulfide) groups is 1. The van der Waals surface area contributed by atoms with Gasteiger partial charge in [0.1, 0.15) is 11.3 Å². The third kappa shape index (κ3) is 5.83. The van der Waals surface area contributed by atoms with Crippen molar-refractivity contribution in [2.45, 2.75) is 62.5 Å².